The molecule has 0 unspecified atom stereocenters. The Bertz CT molecular complexity index is 560. The molecule has 0 aliphatic carbocycles. The van der Waals surface area contributed by atoms with E-state index in [0.717, 1.165) is 16.2 Å². The highest BCUT2D eigenvalue weighted by Gasteiger charge is 2.06. The van der Waals surface area contributed by atoms with E-state index < -0.39 is 0 Å². The molecule has 0 bridgehead atoms. The predicted octanol–water partition coefficient (Wildman–Crippen LogP) is 4.06. The summed E-state index contributed by atoms with van der Waals surface area (Å²) in [4.78, 5) is 1.03. The maximum Gasteiger partial charge on any atom is 0.140 e. The third-order valence-corrected chi connectivity index (χ3v) is 3.39. The summed E-state index contributed by atoms with van der Waals surface area (Å²) in [6, 6.07) is 12.5. The number of hydrogen-bond acceptors (Lipinski definition) is 3. The molecule has 2 rings (SSSR count). The minimum atomic E-state index is -0.288. The van der Waals surface area contributed by atoms with Crippen LogP contribution in [0.3, 0.4) is 0 Å². The van der Waals surface area contributed by atoms with Gasteiger partial charge in [-0.3, -0.25) is 0 Å². The number of nitrogens with one attached hydrogen (secondary N) is 1. The lowest BCUT2D eigenvalue weighted by atomic mass is 10.2. The van der Waals surface area contributed by atoms with E-state index in [2.05, 4.69) is 5.32 Å². The molecule has 1 N–H and O–H groups in total. The summed E-state index contributed by atoms with van der Waals surface area (Å²) in [5.41, 5.74) is 0.860. The van der Waals surface area contributed by atoms with Crippen molar-refractivity contribution in [1.29, 1.82) is 0 Å². The van der Waals surface area contributed by atoms with E-state index in [0.29, 0.717) is 12.3 Å². The molecule has 0 aromatic heterocycles. The quantitative estimate of drug-likeness (QED) is 0.833. The van der Waals surface area contributed by atoms with Crippen molar-refractivity contribution in [2.24, 2.45) is 0 Å². The first-order valence-electron chi connectivity index (χ1n) is 5.98. The smallest absolute Gasteiger partial charge is 0.140 e. The van der Waals surface area contributed by atoms with Crippen LogP contribution in [0.2, 0.25) is 0 Å². The lowest BCUT2D eigenvalue weighted by Gasteiger charge is -2.11. The Balaban J connectivity index is 2.27. The van der Waals surface area contributed by atoms with E-state index >= 15 is 0 Å². The van der Waals surface area contributed by atoms with Crippen LogP contribution in [-0.2, 0) is 6.54 Å². The molecular formula is C15H16FNOS. The molecule has 100 valence electrons. The molecule has 2 aromatic rings. The van der Waals surface area contributed by atoms with Crippen LogP contribution in [0.25, 0.3) is 0 Å². The van der Waals surface area contributed by atoms with Gasteiger partial charge < -0.3 is 10.1 Å². The van der Waals surface area contributed by atoms with E-state index in [1.807, 2.05) is 43.6 Å². The molecule has 0 aliphatic heterocycles. The normalized spacial score (nSPS) is 10.5. The van der Waals surface area contributed by atoms with Crippen molar-refractivity contribution in [3.63, 3.8) is 0 Å². The van der Waals surface area contributed by atoms with E-state index in [1.165, 1.54) is 12.1 Å². The predicted molar refractivity (Wildman–Crippen MR) is 77.5 cm³/mol. The van der Waals surface area contributed by atoms with E-state index in [1.54, 1.807) is 11.8 Å². The second kappa shape index (κ2) is 6.59. The van der Waals surface area contributed by atoms with E-state index in [-0.39, 0.29) is 5.82 Å². The first kappa shape index (κ1) is 13.9. The Morgan fingerprint density at radius 3 is 2.74 bits per heavy atom. The van der Waals surface area contributed by atoms with E-state index in [9.17, 15) is 4.39 Å². The number of ether oxygens (including phenoxy) is 1. The van der Waals surface area contributed by atoms with Gasteiger partial charge in [-0.1, -0.05) is 12.1 Å². The molecule has 0 radical (unpaired) electrons. The van der Waals surface area contributed by atoms with Gasteiger partial charge in [0.1, 0.15) is 17.3 Å². The van der Waals surface area contributed by atoms with E-state index in [4.69, 9.17) is 4.74 Å². The standard InChI is InChI=1S/C15H16FNOS/c1-17-10-11-7-12(16)9-13(8-11)18-14-5-3-4-6-15(14)19-2/h3-9,17H,10H2,1-2H3. The van der Waals surface area contributed by atoms with Crippen LogP contribution in [0.5, 0.6) is 11.5 Å². The average molecular weight is 277 g/mol. The van der Waals surface area contributed by atoms with Crippen molar-refractivity contribution < 1.29 is 9.13 Å². The molecule has 0 saturated heterocycles. The Morgan fingerprint density at radius 2 is 2.00 bits per heavy atom. The second-order valence-corrected chi connectivity index (χ2v) is 4.93. The fraction of sp³-hybridized carbons (Fsp3) is 0.200. The molecule has 0 fully saturated rings. The van der Waals surface area contributed by atoms with Crippen LogP contribution in [-0.4, -0.2) is 13.3 Å². The van der Waals surface area contributed by atoms with Gasteiger partial charge in [-0.25, -0.2) is 4.39 Å². The van der Waals surface area contributed by atoms with Crippen LogP contribution in [0.4, 0.5) is 4.39 Å². The van der Waals surface area contributed by atoms with Gasteiger partial charge in [-0.05, 0) is 43.1 Å². The third-order valence-electron chi connectivity index (χ3n) is 2.61. The monoisotopic (exact) mass is 277 g/mol. The van der Waals surface area contributed by atoms with Gasteiger partial charge >= 0.3 is 0 Å². The zero-order valence-corrected chi connectivity index (χ0v) is 11.8. The highest BCUT2D eigenvalue weighted by molar-refractivity contribution is 7.98. The summed E-state index contributed by atoms with van der Waals surface area (Å²) in [7, 11) is 1.83. The van der Waals surface area contributed by atoms with Crippen LogP contribution >= 0.6 is 11.8 Å². The second-order valence-electron chi connectivity index (χ2n) is 4.08. The Kier molecular flexibility index (Phi) is 4.82. The van der Waals surface area contributed by atoms with Crippen molar-refractivity contribution in [2.75, 3.05) is 13.3 Å². The van der Waals surface area contributed by atoms with Crippen molar-refractivity contribution in [2.45, 2.75) is 11.4 Å². The number of thioether (sulfide) groups is 1. The number of benzene rings is 2. The average Bonchev–Trinajstić information content (AvgIpc) is 2.39. The fourth-order valence-electron chi connectivity index (χ4n) is 1.82. The fourth-order valence-corrected chi connectivity index (χ4v) is 2.34. The topological polar surface area (TPSA) is 21.3 Å². The van der Waals surface area contributed by atoms with Gasteiger partial charge in [0, 0.05) is 17.5 Å². The van der Waals surface area contributed by atoms with Gasteiger partial charge in [0.25, 0.3) is 0 Å². The minimum absolute atomic E-state index is 0.288. The molecule has 0 spiro atoms. The van der Waals surface area contributed by atoms with Crippen LogP contribution in [0, 0.1) is 5.82 Å². The highest BCUT2D eigenvalue weighted by atomic mass is 32.2. The summed E-state index contributed by atoms with van der Waals surface area (Å²) < 4.78 is 19.3. The van der Waals surface area contributed by atoms with Gasteiger partial charge in [0.2, 0.25) is 0 Å². The zero-order valence-electron chi connectivity index (χ0n) is 10.9. The largest absolute Gasteiger partial charge is 0.456 e. The molecule has 0 aliphatic rings. The van der Waals surface area contributed by atoms with Gasteiger partial charge in [0.05, 0.1) is 0 Å². The molecule has 19 heavy (non-hydrogen) atoms. The maximum absolute atomic E-state index is 13.5. The number of rotatable bonds is 5. The molecule has 0 heterocycles. The summed E-state index contributed by atoms with van der Waals surface area (Å²) >= 11 is 1.60. The summed E-state index contributed by atoms with van der Waals surface area (Å²) in [6.45, 7) is 0.609. The van der Waals surface area contributed by atoms with Gasteiger partial charge in [-0.15, -0.1) is 11.8 Å². The van der Waals surface area contributed by atoms with Crippen molar-refractivity contribution in [3.05, 3.63) is 53.8 Å². The van der Waals surface area contributed by atoms with Crippen molar-refractivity contribution >= 4 is 11.8 Å². The maximum atomic E-state index is 13.5. The molecule has 2 nitrogen and oxygen atoms in total. The number of para-hydroxylation sites is 1. The Hall–Kier alpha value is -1.52. The lowest BCUT2D eigenvalue weighted by molar-refractivity contribution is 0.464. The first-order valence-corrected chi connectivity index (χ1v) is 7.20. The Labute approximate surface area is 117 Å². The molecule has 0 amide bonds. The summed E-state index contributed by atoms with van der Waals surface area (Å²) in [5, 5.41) is 3.00. The zero-order chi connectivity index (χ0) is 13.7. The molecule has 0 saturated carbocycles. The third kappa shape index (κ3) is 3.72. The van der Waals surface area contributed by atoms with Crippen LogP contribution in [0.1, 0.15) is 5.56 Å². The summed E-state index contributed by atoms with van der Waals surface area (Å²) in [5.74, 6) is 0.979. The Morgan fingerprint density at radius 1 is 1.21 bits per heavy atom. The lowest BCUT2D eigenvalue weighted by Crippen LogP contribution is -2.05. The molecular weight excluding hydrogens is 261 g/mol. The number of hydrogen-bond donors (Lipinski definition) is 1. The summed E-state index contributed by atoms with van der Waals surface area (Å²) in [6.07, 6.45) is 1.99. The van der Waals surface area contributed by atoms with Gasteiger partial charge in [-0.2, -0.15) is 0 Å². The highest BCUT2D eigenvalue weighted by Crippen LogP contribution is 2.31. The SMILES string of the molecule is CNCc1cc(F)cc(Oc2ccccc2SC)c1. The van der Waals surface area contributed by atoms with Crippen molar-refractivity contribution in [3.8, 4) is 11.5 Å². The van der Waals surface area contributed by atoms with Gasteiger partial charge in [0.15, 0.2) is 0 Å². The minimum Gasteiger partial charge on any atom is -0.456 e. The number of halogens is 1. The van der Waals surface area contributed by atoms with Crippen LogP contribution < -0.4 is 10.1 Å². The first-order chi connectivity index (χ1) is 9.22. The molecule has 4 heteroatoms. The molecule has 2 aromatic carbocycles. The van der Waals surface area contributed by atoms with Crippen LogP contribution in [0.15, 0.2) is 47.4 Å². The molecule has 0 atom stereocenters. The van der Waals surface area contributed by atoms with Crippen molar-refractivity contribution in [1.82, 2.24) is 5.32 Å².